The third-order valence-electron chi connectivity index (χ3n) is 9.26. The van der Waals surface area contributed by atoms with Gasteiger partial charge in [-0.1, -0.05) is 17.7 Å². The van der Waals surface area contributed by atoms with E-state index in [0.717, 1.165) is 29.5 Å². The second-order valence-corrected chi connectivity index (χ2v) is 14.4. The number of nitrogens with zero attached hydrogens (tertiary/aromatic N) is 3. The van der Waals surface area contributed by atoms with Crippen molar-refractivity contribution in [3.8, 4) is 0 Å². The summed E-state index contributed by atoms with van der Waals surface area (Å²) in [5.74, 6) is -2.63. The standard InChI is InChI=1S/C31H38ClF4N3O4S/c1-19-13-29(39(18-30(35)36)44(2,41)42)24(15-27(19)32)20-5-9-37(10-6-20)31(40)26-17-38(22-7-11-43-12-8-22)16-25(26)23-4-3-21(33)14-28(23)34/h3-4,13-15,20,22,25-26,30H,5-12,16-18H2,1-2H3/t25-,26?/m0/s1. The fourth-order valence-electron chi connectivity index (χ4n) is 6.96. The Kier molecular flexibility index (Phi) is 10.1. The van der Waals surface area contributed by atoms with Gasteiger partial charge in [0.25, 0.3) is 6.43 Å². The van der Waals surface area contributed by atoms with Gasteiger partial charge in [0.05, 0.1) is 24.4 Å². The first-order valence-electron chi connectivity index (χ1n) is 14.9. The summed E-state index contributed by atoms with van der Waals surface area (Å²) in [6, 6.07) is 6.91. The van der Waals surface area contributed by atoms with Gasteiger partial charge in [-0.15, -0.1) is 0 Å². The molecule has 1 unspecified atom stereocenters. The molecule has 1 amide bonds. The molecule has 5 rings (SSSR count). The highest BCUT2D eigenvalue weighted by molar-refractivity contribution is 7.92. The highest BCUT2D eigenvalue weighted by atomic mass is 35.5. The minimum Gasteiger partial charge on any atom is -0.381 e. The van der Waals surface area contributed by atoms with Gasteiger partial charge in [-0.2, -0.15) is 0 Å². The maximum absolute atomic E-state index is 15.0. The average Bonchev–Trinajstić information content (AvgIpc) is 3.42. The van der Waals surface area contributed by atoms with E-state index in [1.807, 2.05) is 0 Å². The number of benzene rings is 2. The summed E-state index contributed by atoms with van der Waals surface area (Å²) in [5.41, 5.74) is 1.62. The lowest BCUT2D eigenvalue weighted by Crippen LogP contribution is -2.44. The molecule has 0 radical (unpaired) electrons. The number of piperidine rings is 1. The molecule has 0 spiro atoms. The van der Waals surface area contributed by atoms with Gasteiger partial charge in [0.2, 0.25) is 15.9 Å². The minimum atomic E-state index is -4.01. The van der Waals surface area contributed by atoms with Gasteiger partial charge in [0.15, 0.2) is 0 Å². The van der Waals surface area contributed by atoms with Gasteiger partial charge >= 0.3 is 0 Å². The number of carbonyl (C=O) groups is 1. The van der Waals surface area contributed by atoms with Gasteiger partial charge in [0, 0.05) is 62.4 Å². The Morgan fingerprint density at radius 3 is 2.34 bits per heavy atom. The van der Waals surface area contributed by atoms with Gasteiger partial charge in [-0.3, -0.25) is 14.0 Å². The van der Waals surface area contributed by atoms with E-state index in [2.05, 4.69) is 4.90 Å². The van der Waals surface area contributed by atoms with E-state index < -0.39 is 46.5 Å². The number of sulfonamides is 1. The van der Waals surface area contributed by atoms with Crippen LogP contribution in [-0.2, 0) is 19.6 Å². The summed E-state index contributed by atoms with van der Waals surface area (Å²) in [5, 5.41) is 0.399. The van der Waals surface area contributed by atoms with Crippen LogP contribution >= 0.6 is 11.6 Å². The number of ether oxygens (including phenoxy) is 1. The molecular weight excluding hydrogens is 622 g/mol. The molecular formula is C31H38ClF4N3O4S. The van der Waals surface area contributed by atoms with Crippen LogP contribution in [0, 0.1) is 24.5 Å². The van der Waals surface area contributed by atoms with Crippen molar-refractivity contribution >= 4 is 33.2 Å². The van der Waals surface area contributed by atoms with Crippen molar-refractivity contribution in [2.24, 2.45) is 5.92 Å². The zero-order valence-electron chi connectivity index (χ0n) is 24.8. The van der Waals surface area contributed by atoms with E-state index in [0.29, 0.717) is 73.9 Å². The number of halogens is 5. The Morgan fingerprint density at radius 2 is 1.73 bits per heavy atom. The van der Waals surface area contributed by atoms with Crippen LogP contribution in [0.1, 0.15) is 54.2 Å². The molecule has 0 aliphatic carbocycles. The SMILES string of the molecule is Cc1cc(N(CC(F)F)S(C)(=O)=O)c(C2CCN(C(=O)C3CN(C4CCOCC4)C[C@H]3c3ccc(F)cc3F)CC2)cc1Cl. The Morgan fingerprint density at radius 1 is 1.05 bits per heavy atom. The predicted octanol–water partition coefficient (Wildman–Crippen LogP) is 5.56. The third-order valence-corrected chi connectivity index (χ3v) is 10.8. The van der Waals surface area contributed by atoms with Gasteiger partial charge in [0.1, 0.15) is 11.6 Å². The third kappa shape index (κ3) is 7.18. The lowest BCUT2D eigenvalue weighted by atomic mass is 9.85. The molecule has 0 bridgehead atoms. The number of amides is 1. The fourth-order valence-corrected chi connectivity index (χ4v) is 8.03. The van der Waals surface area contributed by atoms with Crippen LogP contribution in [0.25, 0.3) is 0 Å². The van der Waals surface area contributed by atoms with Crippen molar-refractivity contribution < 1.29 is 35.5 Å². The van der Waals surface area contributed by atoms with Crippen LogP contribution in [0.15, 0.2) is 30.3 Å². The van der Waals surface area contributed by atoms with Crippen molar-refractivity contribution in [2.45, 2.75) is 56.9 Å². The van der Waals surface area contributed by atoms with Gasteiger partial charge in [-0.05, 0) is 73.4 Å². The first-order valence-corrected chi connectivity index (χ1v) is 17.2. The predicted molar refractivity (Wildman–Crippen MR) is 161 cm³/mol. The number of rotatable bonds is 8. The molecule has 3 heterocycles. The average molecular weight is 660 g/mol. The first kappa shape index (κ1) is 33.0. The number of alkyl halides is 2. The van der Waals surface area contributed by atoms with Gasteiger partial charge < -0.3 is 9.64 Å². The molecule has 2 aromatic rings. The molecule has 44 heavy (non-hydrogen) atoms. The van der Waals surface area contributed by atoms with E-state index >= 15 is 4.39 Å². The topological polar surface area (TPSA) is 70.2 Å². The maximum Gasteiger partial charge on any atom is 0.257 e. The van der Waals surface area contributed by atoms with Gasteiger partial charge in [-0.25, -0.2) is 26.0 Å². The van der Waals surface area contributed by atoms with Crippen LogP contribution in [-0.4, -0.2) is 88.8 Å². The van der Waals surface area contributed by atoms with Crippen molar-refractivity contribution in [2.75, 3.05) is 56.5 Å². The Hall–Kier alpha value is -2.41. The number of carbonyl (C=O) groups excluding carboxylic acids is 1. The number of aryl methyl sites for hydroxylation is 1. The highest BCUT2D eigenvalue weighted by Crippen LogP contribution is 2.41. The molecule has 3 saturated heterocycles. The second-order valence-electron chi connectivity index (χ2n) is 12.1. The van der Waals surface area contributed by atoms with Crippen LogP contribution in [0.3, 0.4) is 0 Å². The van der Waals surface area contributed by atoms with Crippen LogP contribution in [0.2, 0.25) is 5.02 Å². The Balaban J connectivity index is 1.37. The summed E-state index contributed by atoms with van der Waals surface area (Å²) in [4.78, 5) is 18.0. The number of anilines is 1. The van der Waals surface area contributed by atoms with E-state index in [4.69, 9.17) is 16.3 Å². The molecule has 13 heteroatoms. The molecule has 7 nitrogen and oxygen atoms in total. The molecule has 3 fully saturated rings. The Bertz CT molecular complexity index is 1470. The largest absolute Gasteiger partial charge is 0.381 e. The number of hydrogen-bond donors (Lipinski definition) is 0. The summed E-state index contributed by atoms with van der Waals surface area (Å²) in [6.07, 6.45) is 0.604. The van der Waals surface area contributed by atoms with Crippen molar-refractivity contribution in [1.29, 1.82) is 0 Å². The van der Waals surface area contributed by atoms with E-state index in [1.165, 1.54) is 18.2 Å². The number of likely N-dealkylation sites (tertiary alicyclic amines) is 2. The van der Waals surface area contributed by atoms with Crippen LogP contribution in [0.5, 0.6) is 0 Å². The second kappa shape index (κ2) is 13.5. The Labute approximate surface area is 261 Å². The molecule has 2 atom stereocenters. The van der Waals surface area contributed by atoms with Crippen molar-refractivity contribution in [3.63, 3.8) is 0 Å². The molecule has 3 aliphatic rings. The van der Waals surface area contributed by atoms with Crippen LogP contribution in [0.4, 0.5) is 23.2 Å². The summed E-state index contributed by atoms with van der Waals surface area (Å²) < 4.78 is 87.1. The lowest BCUT2D eigenvalue weighted by molar-refractivity contribution is -0.136. The van der Waals surface area contributed by atoms with E-state index in [9.17, 15) is 26.4 Å². The number of hydrogen-bond acceptors (Lipinski definition) is 5. The fraction of sp³-hybridized carbons (Fsp3) is 0.581. The lowest BCUT2D eigenvalue weighted by Gasteiger charge is -2.36. The molecule has 3 aliphatic heterocycles. The maximum atomic E-state index is 15.0. The van der Waals surface area contributed by atoms with Crippen molar-refractivity contribution in [1.82, 2.24) is 9.80 Å². The smallest absolute Gasteiger partial charge is 0.257 e. The zero-order chi connectivity index (χ0) is 31.8. The minimum absolute atomic E-state index is 0.107. The first-order chi connectivity index (χ1) is 20.8. The van der Waals surface area contributed by atoms with E-state index in [-0.39, 0.29) is 23.6 Å². The zero-order valence-corrected chi connectivity index (χ0v) is 26.4. The normalized spacial score (nSPS) is 22.6. The molecule has 2 aromatic carbocycles. The highest BCUT2D eigenvalue weighted by Gasteiger charge is 2.44. The van der Waals surface area contributed by atoms with Crippen LogP contribution < -0.4 is 4.31 Å². The molecule has 0 aromatic heterocycles. The van der Waals surface area contributed by atoms with E-state index in [1.54, 1.807) is 17.9 Å². The van der Waals surface area contributed by atoms with Crippen molar-refractivity contribution in [3.05, 3.63) is 63.7 Å². The molecule has 242 valence electrons. The molecule has 0 N–H and O–H groups in total. The summed E-state index contributed by atoms with van der Waals surface area (Å²) >= 11 is 6.42. The molecule has 0 saturated carbocycles. The monoisotopic (exact) mass is 659 g/mol. The summed E-state index contributed by atoms with van der Waals surface area (Å²) in [7, 11) is -4.01. The quantitative estimate of drug-likeness (QED) is 0.348. The summed E-state index contributed by atoms with van der Waals surface area (Å²) in [6.45, 7) is 3.62.